The standard InChI is InChI=1S/C21H23FN2O3S/c1-14(2)15-7-9-16(10-8-15)27-13-19(25)23-21-24(11-12-26-3)20-17(22)5-4-6-18(20)28-21/h4-10,14H,11-13H2,1-3H3. The predicted molar refractivity (Wildman–Crippen MR) is 108 cm³/mol. The molecule has 0 saturated heterocycles. The number of rotatable bonds is 7. The Kier molecular flexibility index (Phi) is 6.59. The number of carbonyl (C=O) groups is 1. The van der Waals surface area contributed by atoms with Crippen molar-refractivity contribution in [1.82, 2.24) is 4.57 Å². The van der Waals surface area contributed by atoms with E-state index in [1.807, 2.05) is 30.3 Å². The highest BCUT2D eigenvalue weighted by atomic mass is 32.1. The van der Waals surface area contributed by atoms with Gasteiger partial charge in [0.2, 0.25) is 0 Å². The molecular weight excluding hydrogens is 379 g/mol. The van der Waals surface area contributed by atoms with E-state index in [0.29, 0.717) is 35.1 Å². The number of carbonyl (C=O) groups excluding carboxylic acids is 1. The van der Waals surface area contributed by atoms with E-state index < -0.39 is 5.91 Å². The minimum absolute atomic E-state index is 0.179. The van der Waals surface area contributed by atoms with Gasteiger partial charge < -0.3 is 14.0 Å². The molecule has 7 heteroatoms. The molecule has 0 bridgehead atoms. The van der Waals surface area contributed by atoms with E-state index in [4.69, 9.17) is 9.47 Å². The minimum atomic E-state index is -0.425. The van der Waals surface area contributed by atoms with Gasteiger partial charge in [-0.3, -0.25) is 4.79 Å². The van der Waals surface area contributed by atoms with Crippen molar-refractivity contribution in [3.63, 3.8) is 0 Å². The van der Waals surface area contributed by atoms with Gasteiger partial charge in [0.05, 0.1) is 16.8 Å². The number of hydrogen-bond donors (Lipinski definition) is 0. The molecule has 1 aromatic heterocycles. The van der Waals surface area contributed by atoms with E-state index in [1.54, 1.807) is 17.7 Å². The lowest BCUT2D eigenvalue weighted by atomic mass is 10.0. The molecule has 3 rings (SSSR count). The summed E-state index contributed by atoms with van der Waals surface area (Å²) in [7, 11) is 1.58. The molecule has 0 aliphatic carbocycles. The van der Waals surface area contributed by atoms with Crippen molar-refractivity contribution in [2.24, 2.45) is 4.99 Å². The normalized spacial score (nSPS) is 12.1. The molecule has 28 heavy (non-hydrogen) atoms. The number of halogens is 1. The summed E-state index contributed by atoms with van der Waals surface area (Å²) in [5.41, 5.74) is 1.64. The average Bonchev–Trinajstić information content (AvgIpc) is 3.03. The van der Waals surface area contributed by atoms with Gasteiger partial charge in [0.25, 0.3) is 5.91 Å². The number of aromatic nitrogens is 1. The van der Waals surface area contributed by atoms with Gasteiger partial charge in [-0.15, -0.1) is 0 Å². The first-order valence-corrected chi connectivity index (χ1v) is 9.88. The first kappa shape index (κ1) is 20.2. The molecule has 0 radical (unpaired) electrons. The van der Waals surface area contributed by atoms with E-state index in [9.17, 15) is 9.18 Å². The van der Waals surface area contributed by atoms with Crippen molar-refractivity contribution < 1.29 is 18.7 Å². The molecule has 0 saturated carbocycles. The summed E-state index contributed by atoms with van der Waals surface area (Å²) >= 11 is 1.27. The number of amides is 1. The van der Waals surface area contributed by atoms with Crippen molar-refractivity contribution in [2.75, 3.05) is 20.3 Å². The summed E-state index contributed by atoms with van der Waals surface area (Å²) in [6.07, 6.45) is 0. The van der Waals surface area contributed by atoms with Gasteiger partial charge in [-0.1, -0.05) is 43.4 Å². The van der Waals surface area contributed by atoms with Crippen LogP contribution >= 0.6 is 11.3 Å². The maximum Gasteiger partial charge on any atom is 0.286 e. The Hall–Kier alpha value is -2.51. The summed E-state index contributed by atoms with van der Waals surface area (Å²) in [5.74, 6) is 0.274. The third kappa shape index (κ3) is 4.66. The summed E-state index contributed by atoms with van der Waals surface area (Å²) in [6, 6.07) is 12.5. The quantitative estimate of drug-likeness (QED) is 0.597. The second-order valence-corrected chi connectivity index (χ2v) is 7.64. The number of ether oxygens (including phenoxy) is 2. The SMILES string of the molecule is COCCn1c(=NC(=O)COc2ccc(C(C)C)cc2)sc2cccc(F)c21. The number of para-hydroxylation sites is 1. The maximum absolute atomic E-state index is 14.3. The Morgan fingerprint density at radius 3 is 2.64 bits per heavy atom. The molecule has 0 N–H and O–H groups in total. The summed E-state index contributed by atoms with van der Waals surface area (Å²) < 4.78 is 27.3. The summed E-state index contributed by atoms with van der Waals surface area (Å²) in [6.45, 7) is 4.85. The molecular formula is C21H23FN2O3S. The van der Waals surface area contributed by atoms with E-state index in [1.165, 1.54) is 23.0 Å². The van der Waals surface area contributed by atoms with Crippen LogP contribution < -0.4 is 9.54 Å². The van der Waals surface area contributed by atoms with Crippen molar-refractivity contribution in [1.29, 1.82) is 0 Å². The van der Waals surface area contributed by atoms with E-state index in [0.717, 1.165) is 4.70 Å². The van der Waals surface area contributed by atoms with Crippen LogP contribution in [0.2, 0.25) is 0 Å². The molecule has 3 aromatic rings. The fraction of sp³-hybridized carbons (Fsp3) is 0.333. The molecule has 1 amide bonds. The van der Waals surface area contributed by atoms with Crippen molar-refractivity contribution >= 4 is 27.5 Å². The Labute approximate surface area is 167 Å². The summed E-state index contributed by atoms with van der Waals surface area (Å²) in [5, 5.41) is 0. The topological polar surface area (TPSA) is 52.8 Å². The van der Waals surface area contributed by atoms with Crippen molar-refractivity contribution in [3.8, 4) is 5.75 Å². The fourth-order valence-corrected chi connectivity index (χ4v) is 3.88. The molecule has 148 valence electrons. The zero-order valence-corrected chi connectivity index (χ0v) is 17.0. The first-order chi connectivity index (χ1) is 13.5. The van der Waals surface area contributed by atoms with Crippen molar-refractivity contribution in [3.05, 3.63) is 58.6 Å². The monoisotopic (exact) mass is 402 g/mol. The highest BCUT2D eigenvalue weighted by Gasteiger charge is 2.12. The zero-order chi connectivity index (χ0) is 20.1. The van der Waals surface area contributed by atoms with Crippen LogP contribution in [0.5, 0.6) is 5.75 Å². The maximum atomic E-state index is 14.3. The van der Waals surface area contributed by atoms with Gasteiger partial charge in [0.15, 0.2) is 11.4 Å². The number of fused-ring (bicyclic) bond motifs is 1. The second-order valence-electron chi connectivity index (χ2n) is 6.63. The van der Waals surface area contributed by atoms with E-state index in [2.05, 4.69) is 18.8 Å². The number of methoxy groups -OCH3 is 1. The third-order valence-electron chi connectivity index (χ3n) is 4.30. The van der Waals surface area contributed by atoms with Crippen LogP contribution in [0.3, 0.4) is 0 Å². The Balaban J connectivity index is 1.80. The molecule has 5 nitrogen and oxygen atoms in total. The molecule has 0 fully saturated rings. The van der Waals surface area contributed by atoms with Crippen LogP contribution in [-0.2, 0) is 16.1 Å². The number of nitrogens with zero attached hydrogens (tertiary/aromatic N) is 2. The van der Waals surface area contributed by atoms with Crippen LogP contribution in [0.4, 0.5) is 4.39 Å². The van der Waals surface area contributed by atoms with Crippen LogP contribution in [0.15, 0.2) is 47.5 Å². The molecule has 1 heterocycles. The molecule has 0 atom stereocenters. The number of hydrogen-bond acceptors (Lipinski definition) is 4. The largest absolute Gasteiger partial charge is 0.484 e. The van der Waals surface area contributed by atoms with E-state index >= 15 is 0 Å². The van der Waals surface area contributed by atoms with Gasteiger partial charge in [0.1, 0.15) is 11.6 Å². The Morgan fingerprint density at radius 2 is 1.96 bits per heavy atom. The van der Waals surface area contributed by atoms with Gasteiger partial charge in [0, 0.05) is 13.7 Å². The number of thiazole rings is 1. The van der Waals surface area contributed by atoms with Gasteiger partial charge in [-0.05, 0) is 35.7 Å². The Morgan fingerprint density at radius 1 is 1.21 bits per heavy atom. The zero-order valence-electron chi connectivity index (χ0n) is 16.1. The minimum Gasteiger partial charge on any atom is -0.484 e. The Bertz CT molecular complexity index is 1020. The number of benzene rings is 2. The van der Waals surface area contributed by atoms with Crippen LogP contribution in [0.25, 0.3) is 10.2 Å². The van der Waals surface area contributed by atoms with Gasteiger partial charge >= 0.3 is 0 Å². The van der Waals surface area contributed by atoms with Crippen molar-refractivity contribution in [2.45, 2.75) is 26.3 Å². The first-order valence-electron chi connectivity index (χ1n) is 9.06. The highest BCUT2D eigenvalue weighted by Crippen LogP contribution is 2.21. The summed E-state index contributed by atoms with van der Waals surface area (Å²) in [4.78, 5) is 16.9. The van der Waals surface area contributed by atoms with Crippen LogP contribution in [0, 0.1) is 5.82 Å². The van der Waals surface area contributed by atoms with E-state index in [-0.39, 0.29) is 12.4 Å². The fourth-order valence-electron chi connectivity index (χ4n) is 2.80. The third-order valence-corrected chi connectivity index (χ3v) is 5.34. The molecule has 0 unspecified atom stereocenters. The lowest BCUT2D eigenvalue weighted by molar-refractivity contribution is -0.120. The van der Waals surface area contributed by atoms with Gasteiger partial charge in [-0.2, -0.15) is 4.99 Å². The molecule has 0 aliphatic rings. The van der Waals surface area contributed by atoms with Crippen LogP contribution in [0.1, 0.15) is 25.3 Å². The molecule has 0 spiro atoms. The van der Waals surface area contributed by atoms with Crippen LogP contribution in [-0.4, -0.2) is 30.8 Å². The lowest BCUT2D eigenvalue weighted by Crippen LogP contribution is -2.21. The molecule has 2 aromatic carbocycles. The lowest BCUT2D eigenvalue weighted by Gasteiger charge is -2.07. The predicted octanol–water partition coefficient (Wildman–Crippen LogP) is 4.12. The average molecular weight is 402 g/mol. The highest BCUT2D eigenvalue weighted by molar-refractivity contribution is 7.16. The second kappa shape index (κ2) is 9.12. The smallest absolute Gasteiger partial charge is 0.286 e. The van der Waals surface area contributed by atoms with Gasteiger partial charge in [-0.25, -0.2) is 4.39 Å². The molecule has 0 aliphatic heterocycles.